The van der Waals surface area contributed by atoms with Gasteiger partial charge in [0.15, 0.2) is 0 Å². The fraction of sp³-hybridized carbons (Fsp3) is 0.290. The summed E-state index contributed by atoms with van der Waals surface area (Å²) in [5.74, 6) is 0.519. The second-order valence-electron chi connectivity index (χ2n) is 11.3. The largest absolute Gasteiger partial charge is 0.469 e. The summed E-state index contributed by atoms with van der Waals surface area (Å²) in [4.78, 5) is 9.73. The molecule has 0 saturated heterocycles. The molecule has 0 spiro atoms. The molecule has 1 N–H and O–H groups in total. The van der Waals surface area contributed by atoms with Crippen LogP contribution >= 0.6 is 0 Å². The third-order valence-electron chi connectivity index (χ3n) is 7.51. The van der Waals surface area contributed by atoms with Gasteiger partial charge in [-0.15, -0.1) is 0 Å². The molecule has 194 valence electrons. The average molecular weight is 526 g/mol. The quantitative estimate of drug-likeness (QED) is 0.299. The first-order chi connectivity index (χ1) is 18.1. The summed E-state index contributed by atoms with van der Waals surface area (Å²) in [7, 11) is -3.92. The number of rotatable bonds is 1. The standard InChI is InChI=1S/C31H31N3O3S/c1-19-10-5-7-14-24(19)28-27(31(2,3)4)29-33-30(32-28)34-38(35,36)23-13-9-12-20(17-23)22-16-21-11-6-8-15-25(21)26(18-22)37-29/h5-15,17,22,26H,16,18H2,1-4H3,(H,32,33,34). The molecule has 1 aliphatic carbocycles. The number of anilines is 1. The Morgan fingerprint density at radius 3 is 2.50 bits per heavy atom. The molecule has 3 aromatic carbocycles. The Morgan fingerprint density at radius 1 is 0.947 bits per heavy atom. The Balaban J connectivity index is 1.65. The van der Waals surface area contributed by atoms with E-state index in [0.29, 0.717) is 11.6 Å². The predicted octanol–water partition coefficient (Wildman–Crippen LogP) is 6.71. The maximum absolute atomic E-state index is 13.5. The van der Waals surface area contributed by atoms with E-state index in [1.54, 1.807) is 18.2 Å². The third kappa shape index (κ3) is 4.35. The van der Waals surface area contributed by atoms with Crippen LogP contribution in [0.3, 0.4) is 0 Å². The number of hydrogen-bond donors (Lipinski definition) is 1. The molecule has 0 amide bonds. The van der Waals surface area contributed by atoms with Gasteiger partial charge in [-0.3, -0.25) is 0 Å². The van der Waals surface area contributed by atoms with Crippen LogP contribution in [-0.4, -0.2) is 18.4 Å². The van der Waals surface area contributed by atoms with E-state index in [2.05, 4.69) is 37.6 Å². The minimum atomic E-state index is -3.92. The molecule has 0 radical (unpaired) electrons. The summed E-state index contributed by atoms with van der Waals surface area (Å²) in [6.45, 7) is 8.35. The van der Waals surface area contributed by atoms with Crippen LogP contribution in [-0.2, 0) is 21.9 Å². The van der Waals surface area contributed by atoms with Gasteiger partial charge in [0.1, 0.15) is 6.10 Å². The van der Waals surface area contributed by atoms with Crippen LogP contribution < -0.4 is 9.46 Å². The Hall–Kier alpha value is -3.71. The fourth-order valence-corrected chi connectivity index (χ4v) is 6.66. The van der Waals surface area contributed by atoms with E-state index in [4.69, 9.17) is 14.7 Å². The Morgan fingerprint density at radius 2 is 1.71 bits per heavy atom. The average Bonchev–Trinajstić information content (AvgIpc) is 2.87. The van der Waals surface area contributed by atoms with Crippen LogP contribution in [0.1, 0.15) is 67.0 Å². The predicted molar refractivity (Wildman–Crippen MR) is 149 cm³/mol. The van der Waals surface area contributed by atoms with E-state index >= 15 is 0 Å². The van der Waals surface area contributed by atoms with E-state index in [9.17, 15) is 8.42 Å². The van der Waals surface area contributed by atoms with Crippen molar-refractivity contribution in [3.63, 3.8) is 0 Å². The highest BCUT2D eigenvalue weighted by atomic mass is 32.2. The number of nitrogens with one attached hydrogen (secondary N) is 1. The van der Waals surface area contributed by atoms with Crippen LogP contribution in [0.15, 0.2) is 77.7 Å². The van der Waals surface area contributed by atoms with Gasteiger partial charge in [0.2, 0.25) is 11.8 Å². The normalized spacial score (nSPS) is 19.7. The summed E-state index contributed by atoms with van der Waals surface area (Å²) in [5, 5.41) is 0. The number of ether oxygens (including phenoxy) is 1. The maximum atomic E-state index is 13.5. The lowest BCUT2D eigenvalue weighted by atomic mass is 9.78. The fourth-order valence-electron chi connectivity index (χ4n) is 5.66. The summed E-state index contributed by atoms with van der Waals surface area (Å²) >= 11 is 0. The van der Waals surface area contributed by atoms with Gasteiger partial charge < -0.3 is 4.74 Å². The molecule has 4 aromatic rings. The lowest BCUT2D eigenvalue weighted by Crippen LogP contribution is -2.26. The number of fused-ring (bicyclic) bond motifs is 9. The van der Waals surface area contributed by atoms with Crippen molar-refractivity contribution in [1.82, 2.24) is 9.97 Å². The van der Waals surface area contributed by atoms with E-state index in [1.165, 1.54) is 5.56 Å². The van der Waals surface area contributed by atoms with Crippen molar-refractivity contribution < 1.29 is 13.2 Å². The molecule has 2 atom stereocenters. The summed E-state index contributed by atoms with van der Waals surface area (Å²) in [5.41, 5.74) is 6.44. The van der Waals surface area contributed by atoms with Crippen molar-refractivity contribution in [2.45, 2.75) is 62.9 Å². The molecule has 6 rings (SSSR count). The topological polar surface area (TPSA) is 81.2 Å². The van der Waals surface area contributed by atoms with Crippen LogP contribution in [0.2, 0.25) is 0 Å². The first-order valence-corrected chi connectivity index (χ1v) is 14.4. The van der Waals surface area contributed by atoms with Crippen LogP contribution in [0, 0.1) is 6.92 Å². The number of benzene rings is 3. The highest BCUT2D eigenvalue weighted by molar-refractivity contribution is 7.92. The summed E-state index contributed by atoms with van der Waals surface area (Å²) in [6.07, 6.45) is 1.30. The van der Waals surface area contributed by atoms with E-state index in [0.717, 1.165) is 40.7 Å². The SMILES string of the molecule is Cc1ccccc1-c1nc2nc(c1C(C)(C)C)OC1CC(Cc3ccccc31)c1cccc(c1)S(=O)(=O)N2. The second kappa shape index (κ2) is 8.95. The van der Waals surface area contributed by atoms with E-state index in [-0.39, 0.29) is 28.3 Å². The molecule has 7 heteroatoms. The van der Waals surface area contributed by atoms with Gasteiger partial charge in [0, 0.05) is 11.1 Å². The molecule has 1 aliphatic heterocycles. The Kier molecular flexibility index (Phi) is 5.80. The van der Waals surface area contributed by atoms with Gasteiger partial charge in [-0.2, -0.15) is 4.98 Å². The molecule has 1 aromatic heterocycles. The third-order valence-corrected chi connectivity index (χ3v) is 8.84. The zero-order valence-corrected chi connectivity index (χ0v) is 22.8. The van der Waals surface area contributed by atoms with Gasteiger partial charge in [0.25, 0.3) is 10.0 Å². The first-order valence-electron chi connectivity index (χ1n) is 13.0. The van der Waals surface area contributed by atoms with Crippen LogP contribution in [0.25, 0.3) is 11.3 Å². The molecule has 2 unspecified atom stereocenters. The molecule has 0 fully saturated rings. The van der Waals surface area contributed by atoms with Gasteiger partial charge in [-0.25, -0.2) is 18.1 Å². The first kappa shape index (κ1) is 24.6. The smallest absolute Gasteiger partial charge is 0.264 e. The number of aryl methyl sites for hydroxylation is 1. The summed E-state index contributed by atoms with van der Waals surface area (Å²) in [6, 6.07) is 23.5. The highest BCUT2D eigenvalue weighted by Crippen LogP contribution is 2.45. The number of sulfonamides is 1. The molecule has 0 saturated carbocycles. The molecule has 38 heavy (non-hydrogen) atoms. The second-order valence-corrected chi connectivity index (χ2v) is 12.9. The van der Waals surface area contributed by atoms with E-state index < -0.39 is 10.0 Å². The summed E-state index contributed by atoms with van der Waals surface area (Å²) < 4.78 is 36.5. The van der Waals surface area contributed by atoms with Crippen molar-refractivity contribution >= 4 is 16.0 Å². The number of hydrogen-bond acceptors (Lipinski definition) is 5. The van der Waals surface area contributed by atoms with Crippen molar-refractivity contribution in [2.75, 3.05) is 4.72 Å². The Labute approximate surface area is 224 Å². The molecule has 6 nitrogen and oxygen atoms in total. The van der Waals surface area contributed by atoms with Crippen molar-refractivity contribution in [2.24, 2.45) is 0 Å². The molecule has 2 heterocycles. The minimum Gasteiger partial charge on any atom is -0.469 e. The van der Waals surface area contributed by atoms with Crippen LogP contribution in [0.4, 0.5) is 5.95 Å². The zero-order chi connectivity index (χ0) is 26.7. The van der Waals surface area contributed by atoms with E-state index in [1.807, 2.05) is 49.4 Å². The van der Waals surface area contributed by atoms with Gasteiger partial charge in [-0.05, 0) is 65.5 Å². The Bertz CT molecular complexity index is 1660. The number of aromatic nitrogens is 2. The van der Waals surface area contributed by atoms with Gasteiger partial charge in [-0.1, -0.05) is 81.4 Å². The molecular formula is C31H31N3O3S. The van der Waals surface area contributed by atoms with Crippen molar-refractivity contribution in [3.05, 3.63) is 101 Å². The minimum absolute atomic E-state index is 0.00197. The van der Waals surface area contributed by atoms with Gasteiger partial charge >= 0.3 is 0 Å². The zero-order valence-electron chi connectivity index (χ0n) is 22.0. The molecule has 6 bridgehead atoms. The molecular weight excluding hydrogens is 494 g/mol. The van der Waals surface area contributed by atoms with Crippen LogP contribution in [0.5, 0.6) is 5.88 Å². The van der Waals surface area contributed by atoms with Crippen molar-refractivity contribution in [1.29, 1.82) is 0 Å². The lowest BCUT2D eigenvalue weighted by molar-refractivity contribution is 0.163. The van der Waals surface area contributed by atoms with Gasteiger partial charge in [0.05, 0.1) is 10.6 Å². The highest BCUT2D eigenvalue weighted by Gasteiger charge is 2.35. The lowest BCUT2D eigenvalue weighted by Gasteiger charge is -2.34. The molecule has 2 aliphatic rings. The van der Waals surface area contributed by atoms with Crippen molar-refractivity contribution in [3.8, 4) is 17.1 Å². The monoisotopic (exact) mass is 525 g/mol. The number of nitrogens with zero attached hydrogens (tertiary/aromatic N) is 2. The maximum Gasteiger partial charge on any atom is 0.264 e.